The summed E-state index contributed by atoms with van der Waals surface area (Å²) in [5, 5.41) is 8.89. The number of para-hydroxylation sites is 1. The van der Waals surface area contributed by atoms with Gasteiger partial charge in [-0.25, -0.2) is 5.43 Å². The zero-order valence-corrected chi connectivity index (χ0v) is 13.2. The summed E-state index contributed by atoms with van der Waals surface area (Å²) in [5.41, 5.74) is 3.41. The quantitative estimate of drug-likeness (QED) is 0.475. The molecule has 0 aliphatic rings. The Labute approximate surface area is 143 Å². The van der Waals surface area contributed by atoms with Crippen molar-refractivity contribution >= 4 is 12.1 Å². The van der Waals surface area contributed by atoms with E-state index in [1.807, 2.05) is 54.6 Å². The van der Waals surface area contributed by atoms with Gasteiger partial charge < -0.3 is 9.84 Å². The number of hydrogen-bond donors (Lipinski definition) is 3. The second-order valence-corrected chi connectivity index (χ2v) is 5.24. The lowest BCUT2D eigenvalue weighted by Crippen LogP contribution is -2.20. The van der Waals surface area contributed by atoms with Crippen molar-refractivity contribution in [1.82, 2.24) is 15.6 Å². The van der Waals surface area contributed by atoms with Crippen LogP contribution in [0.15, 0.2) is 70.6 Å². The normalized spacial score (nSPS) is 10.7. The largest absolute Gasteiger partial charge is 0.457 e. The summed E-state index contributed by atoms with van der Waals surface area (Å²) in [7, 11) is 0. The predicted molar refractivity (Wildman–Crippen MR) is 93.8 cm³/mol. The van der Waals surface area contributed by atoms with Crippen LogP contribution in [0.5, 0.6) is 11.5 Å². The van der Waals surface area contributed by atoms with Crippen molar-refractivity contribution in [2.45, 2.75) is 6.42 Å². The van der Waals surface area contributed by atoms with E-state index in [-0.39, 0.29) is 17.9 Å². The second-order valence-electron chi connectivity index (χ2n) is 5.24. The van der Waals surface area contributed by atoms with E-state index in [9.17, 15) is 9.59 Å². The van der Waals surface area contributed by atoms with E-state index >= 15 is 0 Å². The van der Waals surface area contributed by atoms with E-state index in [1.54, 1.807) is 0 Å². The first-order chi connectivity index (χ1) is 12.2. The Balaban J connectivity index is 1.57. The van der Waals surface area contributed by atoms with Crippen LogP contribution in [0.1, 0.15) is 11.3 Å². The fourth-order valence-electron chi connectivity index (χ4n) is 2.14. The van der Waals surface area contributed by atoms with Crippen LogP contribution in [0, 0.1) is 0 Å². The number of ether oxygens (including phenoxy) is 1. The monoisotopic (exact) mass is 336 g/mol. The van der Waals surface area contributed by atoms with Crippen LogP contribution in [0.2, 0.25) is 0 Å². The van der Waals surface area contributed by atoms with Crippen molar-refractivity contribution in [2.24, 2.45) is 5.10 Å². The zero-order chi connectivity index (χ0) is 17.5. The molecule has 0 spiro atoms. The van der Waals surface area contributed by atoms with Gasteiger partial charge in [0, 0.05) is 11.8 Å². The Hall–Kier alpha value is -3.61. The summed E-state index contributed by atoms with van der Waals surface area (Å²) in [4.78, 5) is 22.7. The molecule has 0 atom stereocenters. The van der Waals surface area contributed by atoms with E-state index in [0.717, 1.165) is 11.3 Å². The van der Waals surface area contributed by atoms with E-state index < -0.39 is 0 Å². The van der Waals surface area contributed by atoms with Crippen molar-refractivity contribution in [1.29, 1.82) is 0 Å². The molecule has 7 nitrogen and oxygen atoms in total. The number of hydrogen-bond acceptors (Lipinski definition) is 4. The zero-order valence-electron chi connectivity index (χ0n) is 13.2. The summed E-state index contributed by atoms with van der Waals surface area (Å²) in [6.45, 7) is 0. The number of hydrazone groups is 1. The van der Waals surface area contributed by atoms with E-state index in [1.165, 1.54) is 12.3 Å². The van der Waals surface area contributed by atoms with Gasteiger partial charge in [-0.05, 0) is 29.8 Å². The third-order valence-corrected chi connectivity index (χ3v) is 3.24. The van der Waals surface area contributed by atoms with E-state index in [2.05, 4.69) is 20.7 Å². The van der Waals surface area contributed by atoms with Gasteiger partial charge in [0.2, 0.25) is 5.91 Å². The highest BCUT2D eigenvalue weighted by molar-refractivity contribution is 5.83. The lowest BCUT2D eigenvalue weighted by atomic mass is 10.2. The Morgan fingerprint density at radius 1 is 1.04 bits per heavy atom. The third-order valence-electron chi connectivity index (χ3n) is 3.24. The minimum absolute atomic E-state index is 0.0350. The van der Waals surface area contributed by atoms with Gasteiger partial charge in [0.05, 0.1) is 12.6 Å². The maximum absolute atomic E-state index is 11.7. The standard InChI is InChI=1S/C18H16N4O3/c23-17(10-14-11-18(24)22-20-14)21-19-12-13-5-4-8-16(9-13)25-15-6-2-1-3-7-15/h1-9,11-12H,10H2,(H,21,23)(H2,20,22,24)/b19-12-. The number of carbonyl (C=O) groups excluding carboxylic acids is 1. The molecule has 1 amide bonds. The van der Waals surface area contributed by atoms with Crippen LogP contribution >= 0.6 is 0 Å². The molecule has 0 radical (unpaired) electrons. The van der Waals surface area contributed by atoms with Crippen molar-refractivity contribution in [3.8, 4) is 11.5 Å². The highest BCUT2D eigenvalue weighted by Gasteiger charge is 2.04. The first-order valence-electron chi connectivity index (χ1n) is 7.60. The molecule has 3 N–H and O–H groups in total. The van der Waals surface area contributed by atoms with Gasteiger partial charge in [-0.15, -0.1) is 0 Å². The maximum atomic E-state index is 11.7. The van der Waals surface area contributed by atoms with Crippen LogP contribution in [0.3, 0.4) is 0 Å². The van der Waals surface area contributed by atoms with Gasteiger partial charge in [0.1, 0.15) is 11.5 Å². The average Bonchev–Trinajstić information content (AvgIpc) is 3.01. The number of nitrogens with one attached hydrogen (secondary N) is 3. The molecule has 1 heterocycles. The van der Waals surface area contributed by atoms with Crippen LogP contribution in [0.25, 0.3) is 0 Å². The van der Waals surface area contributed by atoms with Crippen LogP contribution < -0.4 is 15.7 Å². The summed E-state index contributed by atoms with van der Waals surface area (Å²) in [5.74, 6) is 1.08. The average molecular weight is 336 g/mol. The molecule has 0 saturated carbocycles. The first-order valence-corrected chi connectivity index (χ1v) is 7.60. The van der Waals surface area contributed by atoms with Crippen molar-refractivity contribution < 1.29 is 9.53 Å². The molecule has 3 rings (SSSR count). The van der Waals surface area contributed by atoms with E-state index in [0.29, 0.717) is 11.4 Å². The summed E-state index contributed by atoms with van der Waals surface area (Å²) >= 11 is 0. The molecule has 0 fully saturated rings. The van der Waals surface area contributed by atoms with E-state index in [4.69, 9.17) is 4.74 Å². The molecular weight excluding hydrogens is 320 g/mol. The predicted octanol–water partition coefficient (Wildman–Crippen LogP) is 2.19. The SMILES string of the molecule is O=C(Cc1cc(=O)[nH][nH]1)N/N=C\c1cccc(Oc2ccccc2)c1. The van der Waals surface area contributed by atoms with Crippen LogP contribution in [-0.4, -0.2) is 22.3 Å². The molecule has 0 aliphatic heterocycles. The Bertz CT molecular complexity index is 929. The van der Waals surface area contributed by atoms with Crippen LogP contribution in [-0.2, 0) is 11.2 Å². The molecule has 0 bridgehead atoms. The summed E-state index contributed by atoms with van der Waals surface area (Å²) < 4.78 is 5.74. The van der Waals surface area contributed by atoms with Gasteiger partial charge in [0.15, 0.2) is 0 Å². The van der Waals surface area contributed by atoms with Gasteiger partial charge in [-0.3, -0.25) is 14.7 Å². The number of benzene rings is 2. The number of aromatic nitrogens is 2. The molecule has 25 heavy (non-hydrogen) atoms. The highest BCUT2D eigenvalue weighted by atomic mass is 16.5. The van der Waals surface area contributed by atoms with Gasteiger partial charge in [-0.2, -0.15) is 5.10 Å². The van der Waals surface area contributed by atoms with Crippen molar-refractivity contribution in [2.75, 3.05) is 0 Å². The maximum Gasteiger partial charge on any atom is 0.264 e. The lowest BCUT2D eigenvalue weighted by Gasteiger charge is -2.05. The Morgan fingerprint density at radius 3 is 2.60 bits per heavy atom. The molecule has 2 aromatic carbocycles. The third kappa shape index (κ3) is 4.93. The Morgan fingerprint density at radius 2 is 1.84 bits per heavy atom. The smallest absolute Gasteiger partial charge is 0.264 e. The molecule has 1 aromatic heterocycles. The molecule has 126 valence electrons. The topological polar surface area (TPSA) is 99.3 Å². The van der Waals surface area contributed by atoms with Gasteiger partial charge in [0.25, 0.3) is 5.56 Å². The molecule has 0 saturated heterocycles. The summed E-state index contributed by atoms with van der Waals surface area (Å²) in [6, 6.07) is 18.1. The molecule has 3 aromatic rings. The molecule has 7 heteroatoms. The minimum atomic E-state index is -0.330. The summed E-state index contributed by atoms with van der Waals surface area (Å²) in [6.07, 6.45) is 1.56. The first kappa shape index (κ1) is 16.3. The number of H-pyrrole nitrogens is 2. The van der Waals surface area contributed by atoms with Crippen molar-refractivity contribution in [3.05, 3.63) is 82.3 Å². The Kier molecular flexibility index (Phi) is 5.06. The number of nitrogens with zero attached hydrogens (tertiary/aromatic N) is 1. The fourth-order valence-corrected chi connectivity index (χ4v) is 2.14. The van der Waals surface area contributed by atoms with Gasteiger partial charge >= 0.3 is 0 Å². The van der Waals surface area contributed by atoms with Gasteiger partial charge in [-0.1, -0.05) is 30.3 Å². The molecular formula is C18H16N4O3. The second kappa shape index (κ2) is 7.78. The number of aromatic amines is 2. The highest BCUT2D eigenvalue weighted by Crippen LogP contribution is 2.21. The minimum Gasteiger partial charge on any atom is -0.457 e. The molecule has 0 aliphatic carbocycles. The van der Waals surface area contributed by atoms with Crippen molar-refractivity contribution in [3.63, 3.8) is 0 Å². The number of rotatable bonds is 6. The lowest BCUT2D eigenvalue weighted by molar-refractivity contribution is -0.120. The molecule has 0 unspecified atom stereocenters. The number of carbonyl (C=O) groups is 1. The number of amides is 1. The fraction of sp³-hybridized carbons (Fsp3) is 0.0556. The van der Waals surface area contributed by atoms with Crippen LogP contribution in [0.4, 0.5) is 0 Å².